The molecule has 1 saturated heterocycles. The average Bonchev–Trinajstić information content (AvgIpc) is 3.32. The summed E-state index contributed by atoms with van der Waals surface area (Å²) < 4.78 is 2.05. The fraction of sp³-hybridized carbons (Fsp3) is 0.400. The molecule has 3 aromatic rings. The summed E-state index contributed by atoms with van der Waals surface area (Å²) in [6.07, 6.45) is 5.55. The lowest BCUT2D eigenvalue weighted by molar-refractivity contribution is -0.112. The molecular weight excluding hydrogens is 448 g/mol. The maximum absolute atomic E-state index is 13.5. The van der Waals surface area contributed by atoms with Gasteiger partial charge < -0.3 is 14.8 Å². The van der Waals surface area contributed by atoms with E-state index in [2.05, 4.69) is 32.7 Å². The van der Waals surface area contributed by atoms with Crippen LogP contribution in [0.3, 0.4) is 0 Å². The number of hydrogen-bond acceptors (Lipinski definition) is 4. The predicted octanol–water partition coefficient (Wildman–Crippen LogP) is 5.23. The van der Waals surface area contributed by atoms with E-state index >= 15 is 0 Å². The van der Waals surface area contributed by atoms with E-state index in [1.807, 2.05) is 54.6 Å². The van der Waals surface area contributed by atoms with Crippen LogP contribution in [0.4, 0.5) is 11.4 Å². The number of anilines is 2. The number of carbonyl (C=O) groups excluding carboxylic acids is 2. The zero-order valence-electron chi connectivity index (χ0n) is 21.2. The smallest absolute Gasteiger partial charge is 0.298 e. The van der Waals surface area contributed by atoms with Crippen LogP contribution in [-0.2, 0) is 17.8 Å². The summed E-state index contributed by atoms with van der Waals surface area (Å²) in [6.45, 7) is 8.37. The third-order valence-electron chi connectivity index (χ3n) is 7.44. The highest BCUT2D eigenvalue weighted by Gasteiger charge is 2.28. The summed E-state index contributed by atoms with van der Waals surface area (Å²) in [6, 6.07) is 19.9. The van der Waals surface area contributed by atoms with E-state index in [0.29, 0.717) is 11.4 Å². The van der Waals surface area contributed by atoms with E-state index in [1.165, 1.54) is 19.4 Å². The van der Waals surface area contributed by atoms with Crippen LogP contribution in [0.15, 0.2) is 60.7 Å². The van der Waals surface area contributed by atoms with Crippen molar-refractivity contribution in [2.75, 3.05) is 42.9 Å². The van der Waals surface area contributed by atoms with Crippen LogP contribution in [0.2, 0.25) is 0 Å². The second-order valence-corrected chi connectivity index (χ2v) is 9.89. The van der Waals surface area contributed by atoms with E-state index in [4.69, 9.17) is 0 Å². The van der Waals surface area contributed by atoms with Crippen LogP contribution in [0.1, 0.15) is 48.8 Å². The molecule has 0 unspecified atom stereocenters. The molecule has 0 saturated carbocycles. The van der Waals surface area contributed by atoms with Crippen molar-refractivity contribution in [3.05, 3.63) is 72.1 Å². The first-order chi connectivity index (χ1) is 17.6. The van der Waals surface area contributed by atoms with Crippen molar-refractivity contribution in [3.8, 4) is 11.1 Å². The number of hydrogen-bond donors (Lipinski definition) is 1. The van der Waals surface area contributed by atoms with Gasteiger partial charge in [0.15, 0.2) is 0 Å². The van der Waals surface area contributed by atoms with Crippen LogP contribution in [-0.4, -0.2) is 53.9 Å². The van der Waals surface area contributed by atoms with Crippen molar-refractivity contribution in [2.45, 2.75) is 45.6 Å². The number of unbranched alkanes of at least 4 members (excludes halogenated alkanes) is 1. The minimum Gasteiger partial charge on any atom is -0.369 e. The molecule has 1 fully saturated rings. The van der Waals surface area contributed by atoms with Crippen molar-refractivity contribution in [3.63, 3.8) is 0 Å². The lowest BCUT2D eigenvalue weighted by Crippen LogP contribution is -2.46. The molecule has 0 atom stereocenters. The maximum Gasteiger partial charge on any atom is 0.298 e. The fourth-order valence-corrected chi connectivity index (χ4v) is 5.39. The molecule has 36 heavy (non-hydrogen) atoms. The molecule has 0 radical (unpaired) electrons. The number of Topliss-reactive ketones (excluding diaryl/α,β-unsaturated/α-hetero) is 1. The Kier molecular flexibility index (Phi) is 7.52. The number of amides is 1. The second-order valence-electron chi connectivity index (χ2n) is 9.89. The van der Waals surface area contributed by atoms with Crippen LogP contribution in [0, 0.1) is 0 Å². The Morgan fingerprint density at radius 3 is 2.36 bits per heavy atom. The van der Waals surface area contributed by atoms with Gasteiger partial charge in [-0.25, -0.2) is 0 Å². The molecule has 6 nitrogen and oxygen atoms in total. The van der Waals surface area contributed by atoms with Crippen molar-refractivity contribution in [1.82, 2.24) is 9.47 Å². The lowest BCUT2D eigenvalue weighted by atomic mass is 10.0. The number of carbonyl (C=O) groups is 2. The van der Waals surface area contributed by atoms with Gasteiger partial charge in [0.25, 0.3) is 11.7 Å². The number of ketones is 1. The van der Waals surface area contributed by atoms with E-state index < -0.39 is 11.7 Å². The van der Waals surface area contributed by atoms with Gasteiger partial charge in [-0.3, -0.25) is 14.5 Å². The molecule has 2 aliphatic rings. The third kappa shape index (κ3) is 5.24. The van der Waals surface area contributed by atoms with Gasteiger partial charge in [0.1, 0.15) is 5.69 Å². The monoisotopic (exact) mass is 484 g/mol. The minimum atomic E-state index is -0.587. The first-order valence-electron chi connectivity index (χ1n) is 13.3. The standard InChI is InChI=1S/C30H36N4O2/c1-2-3-16-32-18-20-33(21-19-32)25-14-12-24(13-15-25)31-30(36)29(35)28-27(23-9-5-4-6-10-23)22-26-11-7-8-17-34(26)28/h4-6,9-10,12-15,22H,2-3,7-8,11,16-21H2,1H3,(H,31,36). The average molecular weight is 485 g/mol. The fourth-order valence-electron chi connectivity index (χ4n) is 5.39. The van der Waals surface area contributed by atoms with E-state index in [1.54, 1.807) is 0 Å². The van der Waals surface area contributed by atoms with Crippen LogP contribution in [0.25, 0.3) is 11.1 Å². The van der Waals surface area contributed by atoms with Crippen LogP contribution < -0.4 is 10.2 Å². The van der Waals surface area contributed by atoms with Gasteiger partial charge in [-0.15, -0.1) is 0 Å². The highest BCUT2D eigenvalue weighted by Crippen LogP contribution is 2.31. The highest BCUT2D eigenvalue weighted by atomic mass is 16.2. The number of aromatic nitrogens is 1. The molecule has 2 aromatic carbocycles. The maximum atomic E-state index is 13.5. The zero-order chi connectivity index (χ0) is 24.9. The molecular formula is C30H36N4O2. The van der Waals surface area contributed by atoms with Gasteiger partial charge >= 0.3 is 0 Å². The number of benzene rings is 2. The second kappa shape index (κ2) is 11.1. The van der Waals surface area contributed by atoms with E-state index in [-0.39, 0.29) is 0 Å². The molecule has 188 valence electrons. The number of fused-ring (bicyclic) bond motifs is 1. The summed E-state index contributed by atoms with van der Waals surface area (Å²) >= 11 is 0. The third-order valence-corrected chi connectivity index (χ3v) is 7.44. The van der Waals surface area contributed by atoms with Gasteiger partial charge in [0.05, 0.1) is 0 Å². The quantitative estimate of drug-likeness (QED) is 0.351. The van der Waals surface area contributed by atoms with Gasteiger partial charge in [-0.05, 0) is 68.1 Å². The largest absolute Gasteiger partial charge is 0.369 e. The molecule has 2 aliphatic heterocycles. The Balaban J connectivity index is 1.28. The summed E-state index contributed by atoms with van der Waals surface area (Å²) in [5.41, 5.74) is 5.25. The molecule has 1 aromatic heterocycles. The minimum absolute atomic E-state index is 0.478. The summed E-state index contributed by atoms with van der Waals surface area (Å²) in [7, 11) is 0. The summed E-state index contributed by atoms with van der Waals surface area (Å²) in [5, 5.41) is 2.85. The van der Waals surface area contributed by atoms with E-state index in [0.717, 1.165) is 74.5 Å². The molecule has 6 heteroatoms. The zero-order valence-corrected chi connectivity index (χ0v) is 21.2. The predicted molar refractivity (Wildman–Crippen MR) is 146 cm³/mol. The van der Waals surface area contributed by atoms with Gasteiger partial charge in [0.2, 0.25) is 0 Å². The molecule has 5 rings (SSSR count). The number of aryl methyl sites for hydroxylation is 1. The van der Waals surface area contributed by atoms with Gasteiger partial charge in [-0.1, -0.05) is 43.7 Å². The molecule has 0 spiro atoms. The number of nitrogens with zero attached hydrogens (tertiary/aromatic N) is 3. The Morgan fingerprint density at radius 2 is 1.64 bits per heavy atom. The Hall–Kier alpha value is -3.38. The van der Waals surface area contributed by atoms with Crippen LogP contribution in [0.5, 0.6) is 0 Å². The first-order valence-corrected chi connectivity index (χ1v) is 13.3. The van der Waals surface area contributed by atoms with Crippen molar-refractivity contribution >= 4 is 23.1 Å². The van der Waals surface area contributed by atoms with Gasteiger partial charge in [0, 0.05) is 55.4 Å². The van der Waals surface area contributed by atoms with Crippen LogP contribution >= 0.6 is 0 Å². The van der Waals surface area contributed by atoms with E-state index in [9.17, 15) is 9.59 Å². The number of piperazine rings is 1. The molecule has 0 aliphatic carbocycles. The summed E-state index contributed by atoms with van der Waals surface area (Å²) in [5.74, 6) is -1.06. The Morgan fingerprint density at radius 1 is 0.889 bits per heavy atom. The Bertz CT molecular complexity index is 1190. The highest BCUT2D eigenvalue weighted by molar-refractivity contribution is 6.47. The Labute approximate surface area is 213 Å². The number of nitrogens with one attached hydrogen (secondary N) is 1. The molecule has 3 heterocycles. The van der Waals surface area contributed by atoms with Crippen molar-refractivity contribution in [2.24, 2.45) is 0 Å². The molecule has 1 amide bonds. The van der Waals surface area contributed by atoms with Gasteiger partial charge in [-0.2, -0.15) is 0 Å². The van der Waals surface area contributed by atoms with Crippen molar-refractivity contribution in [1.29, 1.82) is 0 Å². The summed E-state index contributed by atoms with van der Waals surface area (Å²) in [4.78, 5) is 31.5. The first kappa shape index (κ1) is 24.3. The molecule has 1 N–H and O–H groups in total. The SMILES string of the molecule is CCCCN1CCN(c2ccc(NC(=O)C(=O)c3c(-c4ccccc4)cc4n3CCCC4)cc2)CC1. The molecule has 0 bridgehead atoms. The van der Waals surface area contributed by atoms with Crippen molar-refractivity contribution < 1.29 is 9.59 Å². The normalized spacial score (nSPS) is 16.0. The lowest BCUT2D eigenvalue weighted by Gasteiger charge is -2.36. The topological polar surface area (TPSA) is 57.6 Å². The number of rotatable bonds is 8.